The number of non-ortho nitro benzene ring substituents is 1. The fourth-order valence-electron chi connectivity index (χ4n) is 3.50. The maximum atomic E-state index is 11.3. The second kappa shape index (κ2) is 6.84. The number of ether oxygens (including phenoxy) is 2. The average Bonchev–Trinajstić information content (AvgIpc) is 3.10. The van der Waals surface area contributed by atoms with Crippen LogP contribution in [0, 0.1) is 10.1 Å². The average molecular weight is 355 g/mol. The summed E-state index contributed by atoms with van der Waals surface area (Å²) in [6.07, 6.45) is 7.93. The smallest absolute Gasteiger partial charge is 0.270 e. The Hall–Kier alpha value is -2.80. The monoisotopic (exact) mass is 355 g/mol. The number of rotatable bonds is 4. The summed E-state index contributed by atoms with van der Waals surface area (Å²) in [5.41, 5.74) is 3.78. The molecule has 1 aromatic carbocycles. The number of nitrogens with zero attached hydrogens (tertiary/aromatic N) is 2. The van der Waals surface area contributed by atoms with Crippen molar-refractivity contribution in [2.24, 2.45) is 0 Å². The Morgan fingerprint density at radius 1 is 1.35 bits per heavy atom. The van der Waals surface area contributed by atoms with Gasteiger partial charge in [-0.15, -0.1) is 0 Å². The number of allylic oxidation sites excluding steroid dienone is 1. The van der Waals surface area contributed by atoms with Crippen LogP contribution in [0.5, 0.6) is 5.75 Å². The lowest BCUT2D eigenvalue weighted by atomic mass is 9.94. The van der Waals surface area contributed by atoms with Gasteiger partial charge in [-0.1, -0.05) is 6.08 Å². The first-order valence-corrected chi connectivity index (χ1v) is 8.75. The van der Waals surface area contributed by atoms with Crippen molar-refractivity contribution < 1.29 is 14.4 Å². The quantitative estimate of drug-likeness (QED) is 0.661. The van der Waals surface area contributed by atoms with Crippen LogP contribution in [0.3, 0.4) is 0 Å². The number of fused-ring (bicyclic) bond motifs is 1. The van der Waals surface area contributed by atoms with E-state index in [1.807, 2.05) is 24.3 Å². The van der Waals surface area contributed by atoms with Crippen LogP contribution in [0.1, 0.15) is 18.4 Å². The fraction of sp³-hybridized carbons (Fsp3) is 0.368. The highest BCUT2D eigenvalue weighted by molar-refractivity contribution is 5.88. The molecule has 1 atom stereocenters. The zero-order chi connectivity index (χ0) is 18.1. The molecule has 1 fully saturated rings. The van der Waals surface area contributed by atoms with E-state index in [4.69, 9.17) is 9.47 Å². The van der Waals surface area contributed by atoms with Gasteiger partial charge in [-0.3, -0.25) is 10.1 Å². The minimum atomic E-state index is -0.373. The van der Waals surface area contributed by atoms with E-state index in [-0.39, 0.29) is 16.7 Å². The van der Waals surface area contributed by atoms with Crippen molar-refractivity contribution in [3.05, 3.63) is 63.6 Å². The molecule has 1 N–H and O–H groups in total. The first-order chi connectivity index (χ1) is 12.6. The van der Waals surface area contributed by atoms with E-state index in [0.717, 1.165) is 48.4 Å². The Bertz CT molecular complexity index is 822. The normalized spacial score (nSPS) is 22.0. The number of hydrogen-bond donors (Lipinski definition) is 1. The highest BCUT2D eigenvalue weighted by Gasteiger charge is 2.26. The van der Waals surface area contributed by atoms with Gasteiger partial charge in [-0.25, -0.2) is 0 Å². The number of nitrogens with one attached hydrogen (secondary N) is 1. The van der Waals surface area contributed by atoms with Gasteiger partial charge in [0.05, 0.1) is 17.2 Å². The highest BCUT2D eigenvalue weighted by Crippen LogP contribution is 2.40. The summed E-state index contributed by atoms with van der Waals surface area (Å²) in [5, 5.41) is 14.6. The Morgan fingerprint density at radius 2 is 2.23 bits per heavy atom. The number of nitro groups is 1. The van der Waals surface area contributed by atoms with Crippen LogP contribution in [-0.4, -0.2) is 42.7 Å². The Balaban J connectivity index is 1.75. The van der Waals surface area contributed by atoms with Gasteiger partial charge in [0.25, 0.3) is 5.69 Å². The molecule has 0 saturated carbocycles. The predicted molar refractivity (Wildman–Crippen MR) is 97.5 cm³/mol. The lowest BCUT2D eigenvalue weighted by Gasteiger charge is -2.27. The molecule has 136 valence electrons. The summed E-state index contributed by atoms with van der Waals surface area (Å²) in [5.74, 6) is 0.653. The molecule has 7 heteroatoms. The largest absolute Gasteiger partial charge is 0.487 e. The Morgan fingerprint density at radius 3 is 3.00 bits per heavy atom. The van der Waals surface area contributed by atoms with Gasteiger partial charge in [-0.05, 0) is 18.9 Å². The third kappa shape index (κ3) is 3.17. The molecule has 0 amide bonds. The van der Waals surface area contributed by atoms with E-state index in [9.17, 15) is 10.1 Å². The zero-order valence-electron chi connectivity index (χ0n) is 14.6. The van der Waals surface area contributed by atoms with E-state index in [0.29, 0.717) is 12.4 Å². The minimum Gasteiger partial charge on any atom is -0.487 e. The number of benzene rings is 1. The molecule has 1 aromatic rings. The van der Waals surface area contributed by atoms with E-state index in [1.54, 1.807) is 12.1 Å². The van der Waals surface area contributed by atoms with Crippen molar-refractivity contribution in [2.75, 3.05) is 26.8 Å². The molecule has 26 heavy (non-hydrogen) atoms. The maximum absolute atomic E-state index is 11.3. The summed E-state index contributed by atoms with van der Waals surface area (Å²) in [7, 11) is 1.94. The summed E-state index contributed by atoms with van der Waals surface area (Å²) < 4.78 is 11.7. The Kier molecular flexibility index (Phi) is 4.38. The molecule has 0 aliphatic carbocycles. The highest BCUT2D eigenvalue weighted by atomic mass is 16.6. The van der Waals surface area contributed by atoms with Gasteiger partial charge in [-0.2, -0.15) is 0 Å². The lowest BCUT2D eigenvalue weighted by molar-refractivity contribution is -0.384. The molecule has 7 nitrogen and oxygen atoms in total. The van der Waals surface area contributed by atoms with Crippen LogP contribution in [0.25, 0.3) is 5.57 Å². The van der Waals surface area contributed by atoms with E-state index < -0.39 is 0 Å². The SMILES string of the molecule is CN1C=C2NCC=C2C(c2cc([N+](=O)[O-])ccc2OC2CCCOC2)=C1. The van der Waals surface area contributed by atoms with Crippen LogP contribution in [-0.2, 0) is 4.74 Å². The molecule has 0 radical (unpaired) electrons. The minimum absolute atomic E-state index is 0.0310. The first kappa shape index (κ1) is 16.7. The first-order valence-electron chi connectivity index (χ1n) is 8.75. The fourth-order valence-corrected chi connectivity index (χ4v) is 3.50. The van der Waals surface area contributed by atoms with Gasteiger partial charge in [0.15, 0.2) is 0 Å². The number of hydrogen-bond acceptors (Lipinski definition) is 6. The van der Waals surface area contributed by atoms with Gasteiger partial charge in [0, 0.05) is 61.4 Å². The van der Waals surface area contributed by atoms with Crippen LogP contribution in [0.2, 0.25) is 0 Å². The van der Waals surface area contributed by atoms with Crippen molar-refractivity contribution in [1.29, 1.82) is 0 Å². The second-order valence-corrected chi connectivity index (χ2v) is 6.64. The standard InChI is InChI=1S/C19H21N3O4/c1-21-10-17(15-6-7-20-18(15)11-21)16-9-13(22(23)24)4-5-19(16)26-14-3-2-8-25-12-14/h4-6,9-11,14,20H,2-3,7-8,12H2,1H3. The van der Waals surface area contributed by atoms with Crippen LogP contribution >= 0.6 is 0 Å². The van der Waals surface area contributed by atoms with Crippen LogP contribution in [0.4, 0.5) is 5.69 Å². The van der Waals surface area contributed by atoms with Crippen molar-refractivity contribution in [3.8, 4) is 5.75 Å². The molecule has 3 aliphatic heterocycles. The van der Waals surface area contributed by atoms with Crippen LogP contribution in [0.15, 0.2) is 47.9 Å². The topological polar surface area (TPSA) is 76.9 Å². The van der Waals surface area contributed by atoms with E-state index >= 15 is 0 Å². The summed E-state index contributed by atoms with van der Waals surface area (Å²) in [6.45, 7) is 2.05. The van der Waals surface area contributed by atoms with Gasteiger partial charge < -0.3 is 19.7 Å². The number of nitro benzene ring substituents is 1. The Labute approximate surface area is 151 Å². The van der Waals surface area contributed by atoms with Crippen molar-refractivity contribution in [2.45, 2.75) is 18.9 Å². The van der Waals surface area contributed by atoms with Gasteiger partial charge in [0.1, 0.15) is 11.9 Å². The van der Waals surface area contributed by atoms with Gasteiger partial charge in [0.2, 0.25) is 0 Å². The zero-order valence-corrected chi connectivity index (χ0v) is 14.6. The molecule has 3 heterocycles. The van der Waals surface area contributed by atoms with Crippen molar-refractivity contribution >= 4 is 11.3 Å². The maximum Gasteiger partial charge on any atom is 0.270 e. The lowest BCUT2D eigenvalue weighted by Crippen LogP contribution is -2.28. The van der Waals surface area contributed by atoms with E-state index in [1.165, 1.54) is 6.07 Å². The second-order valence-electron chi connectivity index (χ2n) is 6.64. The molecule has 1 unspecified atom stereocenters. The molecular formula is C19H21N3O4. The molecule has 0 spiro atoms. The molecule has 4 rings (SSSR count). The van der Waals surface area contributed by atoms with Crippen molar-refractivity contribution in [3.63, 3.8) is 0 Å². The van der Waals surface area contributed by atoms with Gasteiger partial charge >= 0.3 is 0 Å². The summed E-state index contributed by atoms with van der Waals surface area (Å²) in [4.78, 5) is 12.9. The molecule has 0 aromatic heterocycles. The summed E-state index contributed by atoms with van der Waals surface area (Å²) in [6, 6.07) is 4.79. The predicted octanol–water partition coefficient (Wildman–Crippen LogP) is 2.81. The third-order valence-electron chi connectivity index (χ3n) is 4.72. The van der Waals surface area contributed by atoms with Crippen molar-refractivity contribution in [1.82, 2.24) is 10.2 Å². The molecule has 0 bridgehead atoms. The van der Waals surface area contributed by atoms with E-state index in [2.05, 4.69) is 11.4 Å². The molecule has 3 aliphatic rings. The molecule has 1 saturated heterocycles. The third-order valence-corrected chi connectivity index (χ3v) is 4.72. The van der Waals surface area contributed by atoms with Crippen LogP contribution < -0.4 is 10.1 Å². The molecular weight excluding hydrogens is 334 g/mol. The summed E-state index contributed by atoms with van der Waals surface area (Å²) >= 11 is 0.